The molecule has 1 aromatic rings. The van der Waals surface area contributed by atoms with Gasteiger partial charge in [-0.1, -0.05) is 30.3 Å². The van der Waals surface area contributed by atoms with E-state index in [0.717, 1.165) is 19.6 Å². The number of hydrogen-bond acceptors (Lipinski definition) is 4. The molecular formula is C14H19NO3. The van der Waals surface area contributed by atoms with Crippen molar-refractivity contribution in [3.05, 3.63) is 35.9 Å². The third-order valence-corrected chi connectivity index (χ3v) is 3.19. The lowest BCUT2D eigenvalue weighted by atomic mass is 10.1. The van der Waals surface area contributed by atoms with Crippen LogP contribution in [0.4, 0.5) is 0 Å². The highest BCUT2D eigenvalue weighted by atomic mass is 16.5. The van der Waals surface area contributed by atoms with Crippen molar-refractivity contribution < 1.29 is 14.6 Å². The molecule has 4 heteroatoms. The number of esters is 1. The summed E-state index contributed by atoms with van der Waals surface area (Å²) in [6.07, 6.45) is 1.27. The lowest BCUT2D eigenvalue weighted by molar-refractivity contribution is -0.154. The Morgan fingerprint density at radius 1 is 1.28 bits per heavy atom. The van der Waals surface area contributed by atoms with Crippen molar-refractivity contribution in [1.82, 2.24) is 4.90 Å². The zero-order chi connectivity index (χ0) is 12.8. The lowest BCUT2D eigenvalue weighted by Crippen LogP contribution is -2.26. The van der Waals surface area contributed by atoms with Gasteiger partial charge in [-0.15, -0.1) is 0 Å². The van der Waals surface area contributed by atoms with Gasteiger partial charge in [0.05, 0.1) is 0 Å². The van der Waals surface area contributed by atoms with E-state index >= 15 is 0 Å². The molecule has 1 aromatic carbocycles. The third-order valence-electron chi connectivity index (χ3n) is 3.19. The molecule has 0 spiro atoms. The molecule has 1 unspecified atom stereocenters. The monoisotopic (exact) mass is 249 g/mol. The average molecular weight is 249 g/mol. The first-order valence-electron chi connectivity index (χ1n) is 6.39. The number of nitrogens with zero attached hydrogens (tertiary/aromatic N) is 1. The summed E-state index contributed by atoms with van der Waals surface area (Å²) in [7, 11) is 0. The van der Waals surface area contributed by atoms with Gasteiger partial charge in [0.1, 0.15) is 6.61 Å². The molecule has 0 bridgehead atoms. The van der Waals surface area contributed by atoms with Crippen LogP contribution in [0, 0.1) is 0 Å². The van der Waals surface area contributed by atoms with Gasteiger partial charge in [-0.3, -0.25) is 4.90 Å². The van der Waals surface area contributed by atoms with Gasteiger partial charge < -0.3 is 9.84 Å². The molecule has 0 amide bonds. The van der Waals surface area contributed by atoms with Gasteiger partial charge >= 0.3 is 5.97 Å². The van der Waals surface area contributed by atoms with E-state index in [4.69, 9.17) is 4.74 Å². The summed E-state index contributed by atoms with van der Waals surface area (Å²) in [6, 6.07) is 8.85. The van der Waals surface area contributed by atoms with E-state index < -0.39 is 12.1 Å². The summed E-state index contributed by atoms with van der Waals surface area (Å²) >= 11 is 0. The molecule has 18 heavy (non-hydrogen) atoms. The van der Waals surface area contributed by atoms with Crippen LogP contribution in [-0.2, 0) is 9.53 Å². The molecule has 0 aliphatic carbocycles. The molecule has 1 atom stereocenters. The fourth-order valence-corrected chi connectivity index (χ4v) is 2.13. The minimum atomic E-state index is -1.18. The standard InChI is InChI=1S/C14H19NO3/c16-13(12-6-2-1-3-7-12)14(17)18-11-10-15-8-4-5-9-15/h1-3,6-7,13,16H,4-5,8-11H2. The maximum absolute atomic E-state index is 11.6. The molecule has 1 heterocycles. The van der Waals surface area contributed by atoms with Crippen LogP contribution in [0.1, 0.15) is 24.5 Å². The van der Waals surface area contributed by atoms with Gasteiger partial charge in [0.15, 0.2) is 6.10 Å². The molecule has 98 valence electrons. The van der Waals surface area contributed by atoms with E-state index in [1.165, 1.54) is 12.8 Å². The molecule has 0 radical (unpaired) electrons. The van der Waals surface area contributed by atoms with Crippen molar-refractivity contribution in [2.75, 3.05) is 26.2 Å². The Morgan fingerprint density at radius 2 is 1.94 bits per heavy atom. The number of aliphatic hydroxyl groups is 1. The van der Waals surface area contributed by atoms with Gasteiger partial charge in [0.2, 0.25) is 0 Å². The number of likely N-dealkylation sites (tertiary alicyclic amines) is 1. The van der Waals surface area contributed by atoms with Gasteiger partial charge in [-0.05, 0) is 31.5 Å². The Morgan fingerprint density at radius 3 is 2.61 bits per heavy atom. The van der Waals surface area contributed by atoms with Crippen LogP contribution in [0.3, 0.4) is 0 Å². The van der Waals surface area contributed by atoms with Crippen molar-refractivity contribution in [3.63, 3.8) is 0 Å². The highest BCUT2D eigenvalue weighted by molar-refractivity contribution is 5.76. The Bertz CT molecular complexity index is 374. The van der Waals surface area contributed by atoms with E-state index in [0.29, 0.717) is 12.2 Å². The first kappa shape index (κ1) is 13.1. The van der Waals surface area contributed by atoms with Gasteiger partial charge in [0, 0.05) is 6.54 Å². The second-order valence-electron chi connectivity index (χ2n) is 4.53. The first-order valence-corrected chi connectivity index (χ1v) is 6.39. The zero-order valence-electron chi connectivity index (χ0n) is 10.4. The average Bonchev–Trinajstić information content (AvgIpc) is 2.92. The van der Waals surface area contributed by atoms with Gasteiger partial charge in [0.25, 0.3) is 0 Å². The van der Waals surface area contributed by atoms with E-state index in [-0.39, 0.29) is 0 Å². The van der Waals surface area contributed by atoms with Crippen molar-refractivity contribution in [3.8, 4) is 0 Å². The maximum atomic E-state index is 11.6. The Hall–Kier alpha value is -1.39. The van der Waals surface area contributed by atoms with Crippen molar-refractivity contribution in [1.29, 1.82) is 0 Å². The smallest absolute Gasteiger partial charge is 0.339 e. The van der Waals surface area contributed by atoms with E-state index in [2.05, 4.69) is 4.90 Å². The van der Waals surface area contributed by atoms with Crippen molar-refractivity contribution >= 4 is 5.97 Å². The summed E-state index contributed by atoms with van der Waals surface area (Å²) in [5, 5.41) is 9.79. The molecule has 2 rings (SSSR count). The molecule has 1 saturated heterocycles. The second kappa shape index (κ2) is 6.52. The lowest BCUT2D eigenvalue weighted by Gasteiger charge is -2.15. The number of carbonyl (C=O) groups is 1. The quantitative estimate of drug-likeness (QED) is 0.800. The minimum Gasteiger partial charge on any atom is -0.462 e. The van der Waals surface area contributed by atoms with Crippen LogP contribution in [0.25, 0.3) is 0 Å². The number of ether oxygens (including phenoxy) is 1. The normalized spacial score (nSPS) is 17.6. The van der Waals surface area contributed by atoms with Crippen LogP contribution in [0.5, 0.6) is 0 Å². The second-order valence-corrected chi connectivity index (χ2v) is 4.53. The molecule has 1 N–H and O–H groups in total. The number of benzene rings is 1. The minimum absolute atomic E-state index is 0.350. The number of aliphatic hydroxyl groups excluding tert-OH is 1. The molecular weight excluding hydrogens is 230 g/mol. The molecule has 1 aliphatic rings. The topological polar surface area (TPSA) is 49.8 Å². The number of carbonyl (C=O) groups excluding carboxylic acids is 1. The highest BCUT2D eigenvalue weighted by Gasteiger charge is 2.19. The van der Waals surface area contributed by atoms with Crippen LogP contribution in [0.2, 0.25) is 0 Å². The molecule has 1 aliphatic heterocycles. The van der Waals surface area contributed by atoms with Crippen LogP contribution in [0.15, 0.2) is 30.3 Å². The Labute approximate surface area is 107 Å². The van der Waals surface area contributed by atoms with Crippen molar-refractivity contribution in [2.45, 2.75) is 18.9 Å². The van der Waals surface area contributed by atoms with E-state index in [1.807, 2.05) is 6.07 Å². The van der Waals surface area contributed by atoms with Gasteiger partial charge in [-0.25, -0.2) is 4.79 Å². The van der Waals surface area contributed by atoms with Crippen molar-refractivity contribution in [2.24, 2.45) is 0 Å². The fraction of sp³-hybridized carbons (Fsp3) is 0.500. The molecule has 4 nitrogen and oxygen atoms in total. The molecule has 1 fully saturated rings. The van der Waals surface area contributed by atoms with Crippen LogP contribution < -0.4 is 0 Å². The Balaban J connectivity index is 1.74. The first-order chi connectivity index (χ1) is 8.77. The third kappa shape index (κ3) is 3.55. The number of rotatable bonds is 5. The maximum Gasteiger partial charge on any atom is 0.339 e. The molecule has 0 aromatic heterocycles. The summed E-state index contributed by atoms with van der Waals surface area (Å²) in [5.41, 5.74) is 0.573. The summed E-state index contributed by atoms with van der Waals surface area (Å²) in [4.78, 5) is 13.9. The summed E-state index contributed by atoms with van der Waals surface area (Å²) < 4.78 is 5.09. The van der Waals surface area contributed by atoms with Crippen LogP contribution in [-0.4, -0.2) is 42.2 Å². The number of hydrogen-bond donors (Lipinski definition) is 1. The van der Waals surface area contributed by atoms with Gasteiger partial charge in [-0.2, -0.15) is 0 Å². The zero-order valence-corrected chi connectivity index (χ0v) is 10.4. The fourth-order valence-electron chi connectivity index (χ4n) is 2.13. The SMILES string of the molecule is O=C(OCCN1CCCC1)C(O)c1ccccc1. The van der Waals surface area contributed by atoms with E-state index in [1.54, 1.807) is 24.3 Å². The van der Waals surface area contributed by atoms with Crippen LogP contribution >= 0.6 is 0 Å². The molecule has 0 saturated carbocycles. The predicted molar refractivity (Wildman–Crippen MR) is 68.0 cm³/mol. The van der Waals surface area contributed by atoms with E-state index in [9.17, 15) is 9.90 Å². The highest BCUT2D eigenvalue weighted by Crippen LogP contribution is 2.13. The summed E-state index contributed by atoms with van der Waals surface area (Å²) in [5.74, 6) is -0.569. The Kier molecular flexibility index (Phi) is 4.73. The largest absolute Gasteiger partial charge is 0.462 e. The summed E-state index contributed by atoms with van der Waals surface area (Å²) in [6.45, 7) is 3.27. The predicted octanol–water partition coefficient (Wildman–Crippen LogP) is 1.36.